The van der Waals surface area contributed by atoms with E-state index in [2.05, 4.69) is 18.7 Å². The third-order valence-electron chi connectivity index (χ3n) is 4.86. The molecule has 1 aliphatic rings. The zero-order valence-electron chi connectivity index (χ0n) is 12.9. The van der Waals surface area contributed by atoms with Gasteiger partial charge in [0.15, 0.2) is 0 Å². The maximum Gasteiger partial charge on any atom is 0.0613 e. The van der Waals surface area contributed by atoms with Crippen molar-refractivity contribution in [2.45, 2.75) is 57.5 Å². The summed E-state index contributed by atoms with van der Waals surface area (Å²) < 4.78 is 5.19. The average Bonchev–Trinajstić information content (AvgIpc) is 2.80. The highest BCUT2D eigenvalue weighted by atomic mass is 16.5. The zero-order valence-corrected chi connectivity index (χ0v) is 12.9. The van der Waals surface area contributed by atoms with Crippen LogP contribution in [0, 0.1) is 5.92 Å². The van der Waals surface area contributed by atoms with Crippen LogP contribution in [0.3, 0.4) is 0 Å². The zero-order chi connectivity index (χ0) is 14.3. The van der Waals surface area contributed by atoms with Crippen molar-refractivity contribution in [2.75, 3.05) is 33.4 Å². The highest BCUT2D eigenvalue weighted by Gasteiger charge is 2.38. The van der Waals surface area contributed by atoms with Crippen LogP contribution >= 0.6 is 0 Å². The molecular formula is C15H32N2O2. The Morgan fingerprint density at radius 3 is 2.79 bits per heavy atom. The second-order valence-electron chi connectivity index (χ2n) is 6.06. The van der Waals surface area contributed by atoms with Crippen LogP contribution in [0.4, 0.5) is 0 Å². The summed E-state index contributed by atoms with van der Waals surface area (Å²) >= 11 is 0. The maximum atomic E-state index is 9.50. The van der Waals surface area contributed by atoms with E-state index in [1.807, 2.05) is 0 Å². The van der Waals surface area contributed by atoms with Crippen LogP contribution in [0.2, 0.25) is 0 Å². The van der Waals surface area contributed by atoms with E-state index in [-0.39, 0.29) is 12.1 Å². The van der Waals surface area contributed by atoms with Crippen LogP contribution < -0.4 is 5.73 Å². The Kier molecular flexibility index (Phi) is 7.29. The Morgan fingerprint density at radius 1 is 1.47 bits per heavy atom. The summed E-state index contributed by atoms with van der Waals surface area (Å²) in [5.41, 5.74) is 5.97. The number of hydrogen-bond acceptors (Lipinski definition) is 4. The molecule has 0 aromatic carbocycles. The van der Waals surface area contributed by atoms with E-state index in [4.69, 9.17) is 10.5 Å². The van der Waals surface area contributed by atoms with Crippen molar-refractivity contribution in [3.8, 4) is 0 Å². The van der Waals surface area contributed by atoms with Gasteiger partial charge >= 0.3 is 0 Å². The molecule has 19 heavy (non-hydrogen) atoms. The summed E-state index contributed by atoms with van der Waals surface area (Å²) in [6, 6.07) is 0.581. The van der Waals surface area contributed by atoms with Gasteiger partial charge in [0.1, 0.15) is 0 Å². The summed E-state index contributed by atoms with van der Waals surface area (Å²) in [5.74, 6) is 0.464. The van der Waals surface area contributed by atoms with Gasteiger partial charge in [-0.3, -0.25) is 4.90 Å². The van der Waals surface area contributed by atoms with E-state index in [1.165, 1.54) is 0 Å². The number of rotatable bonds is 9. The predicted molar refractivity (Wildman–Crippen MR) is 79.2 cm³/mol. The second-order valence-corrected chi connectivity index (χ2v) is 6.06. The van der Waals surface area contributed by atoms with Gasteiger partial charge in [-0.05, 0) is 45.1 Å². The first-order valence-electron chi connectivity index (χ1n) is 7.70. The second kappa shape index (κ2) is 8.20. The molecule has 0 radical (unpaired) electrons. The van der Waals surface area contributed by atoms with Crippen molar-refractivity contribution in [1.29, 1.82) is 0 Å². The van der Waals surface area contributed by atoms with E-state index < -0.39 is 0 Å². The molecule has 4 heteroatoms. The van der Waals surface area contributed by atoms with Gasteiger partial charge in [-0.1, -0.05) is 13.3 Å². The van der Waals surface area contributed by atoms with Crippen LogP contribution in [-0.2, 0) is 4.74 Å². The minimum absolute atomic E-state index is 0.124. The first-order chi connectivity index (χ1) is 9.07. The summed E-state index contributed by atoms with van der Waals surface area (Å²) in [6.07, 6.45) is 5.53. The first-order valence-corrected chi connectivity index (χ1v) is 7.70. The summed E-state index contributed by atoms with van der Waals surface area (Å²) in [5, 5.41) is 9.50. The van der Waals surface area contributed by atoms with Gasteiger partial charge in [-0.15, -0.1) is 0 Å². The summed E-state index contributed by atoms with van der Waals surface area (Å²) in [6.45, 7) is 7.44. The van der Waals surface area contributed by atoms with E-state index in [1.54, 1.807) is 7.11 Å². The highest BCUT2D eigenvalue weighted by Crippen LogP contribution is 2.35. The topological polar surface area (TPSA) is 58.7 Å². The molecule has 0 aromatic heterocycles. The Labute approximate surface area is 118 Å². The third kappa shape index (κ3) is 4.71. The number of methoxy groups -OCH3 is 1. The molecule has 1 rings (SSSR count). The van der Waals surface area contributed by atoms with Gasteiger partial charge in [0.05, 0.1) is 13.2 Å². The predicted octanol–water partition coefficient (Wildman–Crippen LogP) is 1.61. The molecule has 1 fully saturated rings. The molecule has 0 bridgehead atoms. The van der Waals surface area contributed by atoms with Gasteiger partial charge in [0.25, 0.3) is 0 Å². The van der Waals surface area contributed by atoms with E-state index in [0.717, 1.165) is 51.8 Å². The Balaban J connectivity index is 2.46. The summed E-state index contributed by atoms with van der Waals surface area (Å²) in [7, 11) is 1.75. The molecule has 0 amide bonds. The van der Waals surface area contributed by atoms with Crippen LogP contribution in [0.1, 0.15) is 46.0 Å². The standard InChI is InChI=1S/C15H32N2O2/c1-4-13(2)17(10-11-19-3)9-7-14-6-5-8-15(14,16)12-18/h13-14,18H,4-12,16H2,1-3H3. The quantitative estimate of drug-likeness (QED) is 0.669. The molecule has 3 unspecified atom stereocenters. The lowest BCUT2D eigenvalue weighted by molar-refractivity contribution is 0.104. The fourth-order valence-corrected chi connectivity index (χ4v) is 3.15. The number of ether oxygens (including phenoxy) is 1. The van der Waals surface area contributed by atoms with Crippen LogP contribution in [0.5, 0.6) is 0 Å². The number of aliphatic hydroxyl groups is 1. The molecule has 1 aliphatic carbocycles. The largest absolute Gasteiger partial charge is 0.394 e. The maximum absolute atomic E-state index is 9.50. The van der Waals surface area contributed by atoms with Crippen molar-refractivity contribution in [1.82, 2.24) is 4.90 Å². The molecule has 0 saturated heterocycles. The van der Waals surface area contributed by atoms with Gasteiger partial charge < -0.3 is 15.6 Å². The lowest BCUT2D eigenvalue weighted by atomic mass is 9.86. The first kappa shape index (κ1) is 16.9. The molecule has 1 saturated carbocycles. The van der Waals surface area contributed by atoms with Crippen molar-refractivity contribution in [3.63, 3.8) is 0 Å². The molecule has 4 nitrogen and oxygen atoms in total. The third-order valence-corrected chi connectivity index (χ3v) is 4.86. The van der Waals surface area contributed by atoms with Gasteiger partial charge in [-0.25, -0.2) is 0 Å². The van der Waals surface area contributed by atoms with Crippen molar-refractivity contribution in [2.24, 2.45) is 11.7 Å². The fraction of sp³-hybridized carbons (Fsp3) is 1.00. The molecule has 3 N–H and O–H groups in total. The van der Waals surface area contributed by atoms with E-state index >= 15 is 0 Å². The molecule has 0 aliphatic heterocycles. The number of aliphatic hydroxyl groups excluding tert-OH is 1. The number of nitrogens with zero attached hydrogens (tertiary/aromatic N) is 1. The summed E-state index contributed by atoms with van der Waals surface area (Å²) in [4.78, 5) is 2.49. The molecule has 0 heterocycles. The number of nitrogens with two attached hydrogens (primary N) is 1. The normalized spacial score (nSPS) is 29.1. The van der Waals surface area contributed by atoms with Crippen LogP contribution in [-0.4, -0.2) is 55.0 Å². The highest BCUT2D eigenvalue weighted by molar-refractivity contribution is 4.96. The van der Waals surface area contributed by atoms with Gasteiger partial charge in [0.2, 0.25) is 0 Å². The van der Waals surface area contributed by atoms with Crippen molar-refractivity contribution >= 4 is 0 Å². The molecule has 0 aromatic rings. The Bertz CT molecular complexity index is 250. The Hall–Kier alpha value is -0.160. The lowest BCUT2D eigenvalue weighted by Crippen LogP contribution is -2.48. The lowest BCUT2D eigenvalue weighted by Gasteiger charge is -2.33. The van der Waals surface area contributed by atoms with Crippen LogP contribution in [0.25, 0.3) is 0 Å². The van der Waals surface area contributed by atoms with Crippen molar-refractivity contribution in [3.05, 3.63) is 0 Å². The number of hydrogen-bond donors (Lipinski definition) is 2. The Morgan fingerprint density at radius 2 is 2.21 bits per heavy atom. The molecular weight excluding hydrogens is 240 g/mol. The smallest absolute Gasteiger partial charge is 0.0613 e. The molecule has 0 spiro atoms. The minimum atomic E-state index is -0.331. The average molecular weight is 272 g/mol. The van der Waals surface area contributed by atoms with Crippen molar-refractivity contribution < 1.29 is 9.84 Å². The minimum Gasteiger partial charge on any atom is -0.394 e. The molecule has 114 valence electrons. The van der Waals surface area contributed by atoms with Gasteiger partial charge in [-0.2, -0.15) is 0 Å². The van der Waals surface area contributed by atoms with Gasteiger partial charge in [0, 0.05) is 25.2 Å². The molecule has 3 atom stereocenters. The monoisotopic (exact) mass is 272 g/mol. The van der Waals surface area contributed by atoms with E-state index in [9.17, 15) is 5.11 Å². The van der Waals surface area contributed by atoms with Crippen LogP contribution in [0.15, 0.2) is 0 Å². The fourth-order valence-electron chi connectivity index (χ4n) is 3.15. The SMILES string of the molecule is CCC(C)N(CCOC)CCC1CCCC1(N)CO. The van der Waals surface area contributed by atoms with E-state index in [0.29, 0.717) is 12.0 Å².